The van der Waals surface area contributed by atoms with E-state index in [1.807, 2.05) is 35.2 Å². The number of carbonyl (C=O) groups is 1. The molecule has 2 aromatic rings. The van der Waals surface area contributed by atoms with E-state index in [0.717, 1.165) is 24.3 Å². The van der Waals surface area contributed by atoms with Crippen molar-refractivity contribution < 1.29 is 4.79 Å². The molecule has 0 radical (unpaired) electrons. The molecule has 3 nitrogen and oxygen atoms in total. The summed E-state index contributed by atoms with van der Waals surface area (Å²) in [4.78, 5) is 15.8. The largest absolute Gasteiger partial charge is 0.336 e. The Morgan fingerprint density at radius 1 is 1.16 bits per heavy atom. The van der Waals surface area contributed by atoms with Crippen molar-refractivity contribution in [2.75, 3.05) is 13.1 Å². The fourth-order valence-electron chi connectivity index (χ4n) is 3.20. The molecule has 3 rings (SSSR count). The van der Waals surface area contributed by atoms with Crippen LogP contribution < -0.4 is 5.73 Å². The average molecular weight is 377 g/mol. The molecule has 134 valence electrons. The van der Waals surface area contributed by atoms with Gasteiger partial charge >= 0.3 is 0 Å². The zero-order valence-corrected chi connectivity index (χ0v) is 16.1. The monoisotopic (exact) mass is 376 g/mol. The van der Waals surface area contributed by atoms with Crippen LogP contribution in [-0.4, -0.2) is 29.9 Å². The first-order valence-corrected chi connectivity index (χ1v) is 9.43. The number of carbonyl (C=O) groups excluding carboxylic acids is 1. The third kappa shape index (κ3) is 5.00. The molecule has 2 N–H and O–H groups in total. The van der Waals surface area contributed by atoms with Crippen LogP contribution in [0.4, 0.5) is 0 Å². The van der Waals surface area contributed by atoms with Gasteiger partial charge in [0.05, 0.1) is 0 Å². The van der Waals surface area contributed by atoms with Gasteiger partial charge in [0.2, 0.25) is 0 Å². The van der Waals surface area contributed by atoms with E-state index in [4.69, 9.17) is 5.73 Å². The summed E-state index contributed by atoms with van der Waals surface area (Å²) in [6.07, 6.45) is 1.01. The molecule has 5 heteroatoms. The van der Waals surface area contributed by atoms with Gasteiger partial charge in [-0.1, -0.05) is 30.3 Å². The fraction of sp³-hybridized carbons (Fsp3) is 0.350. The number of thioether (sulfide) groups is 1. The number of hydrogen-bond acceptors (Lipinski definition) is 3. The van der Waals surface area contributed by atoms with E-state index in [1.54, 1.807) is 11.8 Å². The number of halogens is 1. The molecule has 0 aromatic heterocycles. The lowest BCUT2D eigenvalue weighted by Gasteiger charge is -2.21. The van der Waals surface area contributed by atoms with Gasteiger partial charge < -0.3 is 10.6 Å². The zero-order chi connectivity index (χ0) is 16.9. The van der Waals surface area contributed by atoms with Gasteiger partial charge in [-0.15, -0.1) is 24.2 Å². The van der Waals surface area contributed by atoms with Crippen molar-refractivity contribution in [2.24, 2.45) is 11.7 Å². The summed E-state index contributed by atoms with van der Waals surface area (Å²) in [6.45, 7) is 3.54. The van der Waals surface area contributed by atoms with Gasteiger partial charge in [-0.2, -0.15) is 0 Å². The fourth-order valence-corrected chi connectivity index (χ4v) is 4.05. The Morgan fingerprint density at radius 2 is 1.84 bits per heavy atom. The molecule has 1 saturated heterocycles. The first-order chi connectivity index (χ1) is 11.7. The van der Waals surface area contributed by atoms with Crippen molar-refractivity contribution in [2.45, 2.75) is 30.0 Å². The Bertz CT molecular complexity index is 678. The molecule has 2 unspecified atom stereocenters. The van der Waals surface area contributed by atoms with Crippen molar-refractivity contribution in [3.8, 4) is 0 Å². The van der Waals surface area contributed by atoms with Gasteiger partial charge in [0.1, 0.15) is 0 Å². The van der Waals surface area contributed by atoms with Gasteiger partial charge in [0.25, 0.3) is 5.91 Å². The van der Waals surface area contributed by atoms with Crippen LogP contribution in [-0.2, 0) is 5.75 Å². The summed E-state index contributed by atoms with van der Waals surface area (Å²) in [5.74, 6) is 1.50. The first kappa shape index (κ1) is 19.8. The molecular formula is C20H25ClN2OS. The predicted octanol–water partition coefficient (Wildman–Crippen LogP) is 4.21. The van der Waals surface area contributed by atoms with Crippen LogP contribution in [0.5, 0.6) is 0 Å². The van der Waals surface area contributed by atoms with Crippen LogP contribution in [0, 0.1) is 5.92 Å². The highest BCUT2D eigenvalue weighted by Gasteiger charge is 2.31. The normalized spacial score (nSPS) is 19.5. The Balaban J connectivity index is 0.00000225. The van der Waals surface area contributed by atoms with E-state index in [1.165, 1.54) is 10.5 Å². The van der Waals surface area contributed by atoms with Gasteiger partial charge in [0.15, 0.2) is 0 Å². The van der Waals surface area contributed by atoms with E-state index in [2.05, 4.69) is 31.2 Å². The molecule has 1 aliphatic heterocycles. The van der Waals surface area contributed by atoms with Gasteiger partial charge in [-0.05, 0) is 55.6 Å². The lowest BCUT2D eigenvalue weighted by molar-refractivity contribution is 0.0743. The van der Waals surface area contributed by atoms with Crippen LogP contribution in [0.3, 0.4) is 0 Å². The molecule has 1 heterocycles. The maximum Gasteiger partial charge on any atom is 0.254 e. The first-order valence-electron chi connectivity index (χ1n) is 8.45. The van der Waals surface area contributed by atoms with Crippen LogP contribution in [0.15, 0.2) is 59.5 Å². The average Bonchev–Trinajstić information content (AvgIpc) is 3.01. The zero-order valence-electron chi connectivity index (χ0n) is 14.4. The maximum absolute atomic E-state index is 12.7. The Morgan fingerprint density at radius 3 is 2.44 bits per heavy atom. The van der Waals surface area contributed by atoms with Crippen molar-refractivity contribution in [1.82, 2.24) is 4.90 Å². The molecule has 0 saturated carbocycles. The predicted molar refractivity (Wildman–Crippen MR) is 107 cm³/mol. The SMILES string of the molecule is CC1CC(CN)CN1C(=O)c1ccc(SCc2ccccc2)cc1.Cl. The molecule has 1 aliphatic rings. The molecular weight excluding hydrogens is 352 g/mol. The second kappa shape index (κ2) is 9.27. The number of hydrogen-bond donors (Lipinski definition) is 1. The highest BCUT2D eigenvalue weighted by Crippen LogP contribution is 2.26. The summed E-state index contributed by atoms with van der Waals surface area (Å²) < 4.78 is 0. The van der Waals surface area contributed by atoms with Crippen molar-refractivity contribution in [3.63, 3.8) is 0 Å². The third-order valence-electron chi connectivity index (χ3n) is 4.61. The minimum Gasteiger partial charge on any atom is -0.336 e. The van der Waals surface area contributed by atoms with E-state index in [0.29, 0.717) is 12.5 Å². The van der Waals surface area contributed by atoms with Crippen LogP contribution in [0.1, 0.15) is 29.3 Å². The molecule has 0 spiro atoms. The summed E-state index contributed by atoms with van der Waals surface area (Å²) in [5, 5.41) is 0. The third-order valence-corrected chi connectivity index (χ3v) is 5.69. The van der Waals surface area contributed by atoms with Crippen LogP contribution >= 0.6 is 24.2 Å². The van der Waals surface area contributed by atoms with Gasteiger partial charge in [0, 0.05) is 28.8 Å². The molecule has 1 fully saturated rings. The minimum atomic E-state index is 0. The number of likely N-dealkylation sites (tertiary alicyclic amines) is 1. The second-order valence-corrected chi connectivity index (χ2v) is 7.49. The Labute approximate surface area is 160 Å². The van der Waals surface area contributed by atoms with E-state index < -0.39 is 0 Å². The number of nitrogens with two attached hydrogens (primary N) is 1. The minimum absolute atomic E-state index is 0. The lowest BCUT2D eigenvalue weighted by Crippen LogP contribution is -2.34. The van der Waals surface area contributed by atoms with Crippen LogP contribution in [0.2, 0.25) is 0 Å². The smallest absolute Gasteiger partial charge is 0.254 e. The second-order valence-electron chi connectivity index (χ2n) is 6.44. The summed E-state index contributed by atoms with van der Waals surface area (Å²) in [5.41, 5.74) is 7.83. The quantitative estimate of drug-likeness (QED) is 0.795. The number of amides is 1. The number of rotatable bonds is 5. The molecule has 25 heavy (non-hydrogen) atoms. The van der Waals surface area contributed by atoms with E-state index in [-0.39, 0.29) is 24.4 Å². The summed E-state index contributed by atoms with van der Waals surface area (Å²) >= 11 is 1.79. The Hall–Kier alpha value is -1.49. The van der Waals surface area contributed by atoms with Crippen LogP contribution in [0.25, 0.3) is 0 Å². The highest BCUT2D eigenvalue weighted by atomic mass is 35.5. The molecule has 0 bridgehead atoms. The van der Waals surface area contributed by atoms with Gasteiger partial charge in [-0.25, -0.2) is 0 Å². The van der Waals surface area contributed by atoms with Crippen molar-refractivity contribution >= 4 is 30.1 Å². The molecule has 0 aliphatic carbocycles. The van der Waals surface area contributed by atoms with E-state index in [9.17, 15) is 4.79 Å². The van der Waals surface area contributed by atoms with Crippen molar-refractivity contribution in [1.29, 1.82) is 0 Å². The van der Waals surface area contributed by atoms with Gasteiger partial charge in [-0.3, -0.25) is 4.79 Å². The Kier molecular flexibility index (Phi) is 7.36. The topological polar surface area (TPSA) is 46.3 Å². The lowest BCUT2D eigenvalue weighted by atomic mass is 10.1. The molecule has 2 aromatic carbocycles. The molecule has 2 atom stereocenters. The summed E-state index contributed by atoms with van der Waals surface area (Å²) in [6, 6.07) is 18.7. The summed E-state index contributed by atoms with van der Waals surface area (Å²) in [7, 11) is 0. The highest BCUT2D eigenvalue weighted by molar-refractivity contribution is 7.98. The molecule has 1 amide bonds. The standard InChI is InChI=1S/C20H24N2OS.ClH/c1-15-11-17(12-21)13-22(15)20(23)18-7-9-19(10-8-18)24-14-16-5-3-2-4-6-16;/h2-10,15,17H,11-14,21H2,1H3;1H. The number of nitrogens with zero attached hydrogens (tertiary/aromatic N) is 1. The number of benzene rings is 2. The maximum atomic E-state index is 12.7. The van der Waals surface area contributed by atoms with E-state index >= 15 is 0 Å². The van der Waals surface area contributed by atoms with Crippen molar-refractivity contribution in [3.05, 3.63) is 65.7 Å².